The zero-order chi connectivity index (χ0) is 24.1. The largest absolute Gasteiger partial charge is 0.433 e. The lowest BCUT2D eigenvalue weighted by molar-refractivity contribution is -0.141. The Balaban J connectivity index is 2.10. The predicted molar refractivity (Wildman–Crippen MR) is 109 cm³/mol. The van der Waals surface area contributed by atoms with Crippen molar-refractivity contribution in [3.63, 3.8) is 0 Å². The average molecular weight is 478 g/mol. The van der Waals surface area contributed by atoms with Crippen LogP contribution in [0.3, 0.4) is 0 Å². The molecule has 0 atom stereocenters. The Labute approximate surface area is 180 Å². The topological polar surface area (TPSA) is 100 Å². The van der Waals surface area contributed by atoms with Crippen molar-refractivity contribution in [1.82, 2.24) is 10.3 Å². The van der Waals surface area contributed by atoms with E-state index in [0.29, 0.717) is 6.54 Å². The van der Waals surface area contributed by atoms with Crippen molar-refractivity contribution in [2.45, 2.75) is 19.6 Å². The second-order valence-corrected chi connectivity index (χ2v) is 8.27. The van der Waals surface area contributed by atoms with Gasteiger partial charge < -0.3 is 10.6 Å². The molecule has 0 spiro atoms. The van der Waals surface area contributed by atoms with Gasteiger partial charge in [0.25, 0.3) is 0 Å². The molecule has 2 rings (SSSR count). The predicted octanol–water partition coefficient (Wildman–Crippen LogP) is 3.51. The molecule has 0 fully saturated rings. The number of benzene rings is 1. The lowest BCUT2D eigenvalue weighted by atomic mass is 10.2. The number of hydrogen-bond donors (Lipinski definition) is 3. The van der Waals surface area contributed by atoms with Gasteiger partial charge in [0.2, 0.25) is 15.9 Å². The number of nitrogens with zero attached hydrogens (tertiary/aromatic N) is 1. The summed E-state index contributed by atoms with van der Waals surface area (Å²) in [6.45, 7) is 1.67. The molecule has 0 radical (unpaired) electrons. The van der Waals surface area contributed by atoms with Gasteiger partial charge in [0.15, 0.2) is 11.6 Å². The average Bonchev–Trinajstić information content (AvgIpc) is 2.67. The maximum Gasteiger partial charge on any atom is 0.433 e. The van der Waals surface area contributed by atoms with Crippen LogP contribution in [0.15, 0.2) is 30.3 Å². The Kier molecular flexibility index (Phi) is 7.78. The normalized spacial score (nSPS) is 12.1. The number of aromatic nitrogens is 1. The van der Waals surface area contributed by atoms with Gasteiger partial charge >= 0.3 is 6.18 Å². The minimum atomic E-state index is -4.62. The molecule has 0 aliphatic heterocycles. The Hall–Kier alpha value is -3.22. The van der Waals surface area contributed by atoms with E-state index in [-0.39, 0.29) is 23.5 Å². The van der Waals surface area contributed by atoms with Crippen LogP contribution in [-0.2, 0) is 27.5 Å². The van der Waals surface area contributed by atoms with Crippen LogP contribution in [0, 0.1) is 11.6 Å². The molecule has 1 heterocycles. The Morgan fingerprint density at radius 2 is 1.78 bits per heavy atom. The van der Waals surface area contributed by atoms with Crippen molar-refractivity contribution >= 4 is 33.5 Å². The zero-order valence-corrected chi connectivity index (χ0v) is 17.7. The molecule has 0 unspecified atom stereocenters. The van der Waals surface area contributed by atoms with Gasteiger partial charge in [-0.3, -0.25) is 9.52 Å². The van der Waals surface area contributed by atoms with Crippen molar-refractivity contribution in [3.05, 3.63) is 58.8 Å². The summed E-state index contributed by atoms with van der Waals surface area (Å²) in [6.07, 6.45) is -1.63. The fraction of sp³-hybridized carbons (Fsp3) is 0.263. The number of carbonyl (C=O) groups excluding carboxylic acids is 1. The maximum absolute atomic E-state index is 14.0. The van der Waals surface area contributed by atoms with Crippen LogP contribution in [0.25, 0.3) is 6.08 Å². The van der Waals surface area contributed by atoms with E-state index in [2.05, 4.69) is 15.6 Å². The second kappa shape index (κ2) is 9.94. The second-order valence-electron chi connectivity index (χ2n) is 6.52. The molecule has 0 aliphatic carbocycles. The number of halogens is 5. The lowest BCUT2D eigenvalue weighted by Gasteiger charge is -2.11. The van der Waals surface area contributed by atoms with Crippen molar-refractivity contribution in [3.8, 4) is 0 Å². The quantitative estimate of drug-likeness (QED) is 0.398. The van der Waals surface area contributed by atoms with Crippen molar-refractivity contribution < 1.29 is 35.2 Å². The van der Waals surface area contributed by atoms with Crippen molar-refractivity contribution in [2.75, 3.05) is 22.8 Å². The monoisotopic (exact) mass is 478 g/mol. The molecule has 2 aromatic rings. The molecule has 0 saturated carbocycles. The van der Waals surface area contributed by atoms with Crippen LogP contribution >= 0.6 is 0 Å². The van der Waals surface area contributed by atoms with Crippen molar-refractivity contribution in [1.29, 1.82) is 0 Å². The summed E-state index contributed by atoms with van der Waals surface area (Å²) in [5.41, 5.74) is -1.69. The van der Waals surface area contributed by atoms with Gasteiger partial charge in [-0.15, -0.1) is 0 Å². The SMILES string of the molecule is CCNc1nc(C(F)(F)F)ccc1C=CC(=O)NCc1cc(F)c(NS(C)(=O)=O)c(F)c1. The molecule has 0 aliphatic rings. The van der Waals surface area contributed by atoms with E-state index in [1.165, 1.54) is 6.08 Å². The number of carbonyl (C=O) groups is 1. The highest BCUT2D eigenvalue weighted by atomic mass is 32.2. The highest BCUT2D eigenvalue weighted by Crippen LogP contribution is 2.29. The van der Waals surface area contributed by atoms with Gasteiger partial charge in [-0.2, -0.15) is 13.2 Å². The molecule has 174 valence electrons. The van der Waals surface area contributed by atoms with Crippen LogP contribution in [0.1, 0.15) is 23.7 Å². The number of rotatable bonds is 8. The highest BCUT2D eigenvalue weighted by molar-refractivity contribution is 7.92. The van der Waals surface area contributed by atoms with Gasteiger partial charge in [-0.25, -0.2) is 22.2 Å². The first-order valence-corrected chi connectivity index (χ1v) is 10.9. The molecular weight excluding hydrogens is 459 g/mol. The first-order chi connectivity index (χ1) is 14.8. The summed E-state index contributed by atoms with van der Waals surface area (Å²) in [5.74, 6) is -3.08. The maximum atomic E-state index is 14.0. The summed E-state index contributed by atoms with van der Waals surface area (Å²) in [6, 6.07) is 3.62. The summed E-state index contributed by atoms with van der Waals surface area (Å²) >= 11 is 0. The van der Waals surface area contributed by atoms with Gasteiger partial charge in [0.1, 0.15) is 17.2 Å². The summed E-state index contributed by atoms with van der Waals surface area (Å²) in [5, 5.41) is 5.04. The van der Waals surface area contributed by atoms with E-state index >= 15 is 0 Å². The minimum Gasteiger partial charge on any atom is -0.370 e. The third-order valence-electron chi connectivity index (χ3n) is 3.83. The molecule has 1 amide bonds. The fourth-order valence-corrected chi connectivity index (χ4v) is 3.06. The Morgan fingerprint density at radius 3 is 2.31 bits per heavy atom. The van der Waals surface area contributed by atoms with Crippen LogP contribution in [0.2, 0.25) is 0 Å². The van der Waals surface area contributed by atoms with Gasteiger partial charge in [0.05, 0.1) is 6.26 Å². The molecule has 0 bridgehead atoms. The van der Waals surface area contributed by atoms with E-state index < -0.39 is 45.1 Å². The number of pyridine rings is 1. The first-order valence-electron chi connectivity index (χ1n) is 9.04. The van der Waals surface area contributed by atoms with Gasteiger partial charge in [-0.05, 0) is 42.8 Å². The molecular formula is C19H19F5N4O3S. The number of nitrogens with one attached hydrogen (secondary N) is 3. The third kappa shape index (κ3) is 7.18. The number of anilines is 2. The van der Waals surface area contributed by atoms with Gasteiger partial charge in [-0.1, -0.05) is 0 Å². The number of amides is 1. The van der Waals surface area contributed by atoms with Crippen LogP contribution < -0.4 is 15.4 Å². The number of sulfonamides is 1. The summed E-state index contributed by atoms with van der Waals surface area (Å²) in [7, 11) is -3.89. The van der Waals surface area contributed by atoms with E-state index in [0.717, 1.165) is 36.6 Å². The van der Waals surface area contributed by atoms with Gasteiger partial charge in [0, 0.05) is 24.7 Å². The zero-order valence-electron chi connectivity index (χ0n) is 16.8. The number of alkyl halides is 3. The van der Waals surface area contributed by atoms with Crippen LogP contribution in [0.4, 0.5) is 33.5 Å². The fourth-order valence-electron chi connectivity index (χ4n) is 2.50. The van der Waals surface area contributed by atoms with Crippen molar-refractivity contribution in [2.24, 2.45) is 0 Å². The molecule has 3 N–H and O–H groups in total. The molecule has 7 nitrogen and oxygen atoms in total. The van der Waals surface area contributed by atoms with Crippen LogP contribution in [0.5, 0.6) is 0 Å². The summed E-state index contributed by atoms with van der Waals surface area (Å²) in [4.78, 5) is 15.5. The minimum absolute atomic E-state index is 0.0188. The first kappa shape index (κ1) is 25.0. The summed E-state index contributed by atoms with van der Waals surface area (Å²) < 4.78 is 90.4. The molecule has 1 aromatic carbocycles. The molecule has 1 aromatic heterocycles. The highest BCUT2D eigenvalue weighted by Gasteiger charge is 2.32. The molecule has 32 heavy (non-hydrogen) atoms. The lowest BCUT2D eigenvalue weighted by Crippen LogP contribution is -2.21. The number of hydrogen-bond acceptors (Lipinski definition) is 5. The van der Waals surface area contributed by atoms with E-state index in [1.54, 1.807) is 11.6 Å². The molecule has 13 heteroatoms. The standard InChI is InChI=1S/C19H19F5N4O3S/c1-3-25-18-12(4-6-15(27-18)19(22,23)24)5-7-16(29)26-10-11-8-13(20)17(14(21)9-11)28-32(2,30)31/h4-9,28H,3,10H2,1-2H3,(H,25,27)(H,26,29). The van der Waals surface area contributed by atoms with Crippen LogP contribution in [-0.4, -0.2) is 32.1 Å². The van der Waals surface area contributed by atoms with E-state index in [4.69, 9.17) is 0 Å². The Bertz CT molecular complexity index is 1110. The Morgan fingerprint density at radius 1 is 1.16 bits per heavy atom. The van der Waals surface area contributed by atoms with E-state index in [9.17, 15) is 35.2 Å². The van der Waals surface area contributed by atoms with E-state index in [1.807, 2.05) is 0 Å². The smallest absolute Gasteiger partial charge is 0.370 e. The third-order valence-corrected chi connectivity index (χ3v) is 4.41. The molecule has 0 saturated heterocycles.